The van der Waals surface area contributed by atoms with Gasteiger partial charge in [0, 0.05) is 18.1 Å². The number of nitrogens with one attached hydrogen (secondary N) is 1. The second-order valence-electron chi connectivity index (χ2n) is 5.68. The summed E-state index contributed by atoms with van der Waals surface area (Å²) in [5, 5.41) is 2.96. The van der Waals surface area contributed by atoms with E-state index < -0.39 is 6.04 Å². The van der Waals surface area contributed by atoms with Gasteiger partial charge in [-0.3, -0.25) is 9.78 Å². The first kappa shape index (κ1) is 16.7. The molecule has 1 aromatic carbocycles. The molecule has 0 spiro atoms. The molecule has 5 nitrogen and oxygen atoms in total. The number of carbonyl (C=O) groups excluding carboxylic acids is 1. The van der Waals surface area contributed by atoms with E-state index in [1.807, 2.05) is 19.1 Å². The lowest BCUT2D eigenvalue weighted by Crippen LogP contribution is -2.30. The molecule has 2 aromatic heterocycles. The van der Waals surface area contributed by atoms with Crippen LogP contribution in [0, 0.1) is 19.7 Å². The molecular formula is C19H17FN4O. The van der Waals surface area contributed by atoms with Crippen molar-refractivity contribution in [2.75, 3.05) is 0 Å². The SMILES string of the molecule is Cc1cc(C(=O)NC(c2ccncc2)c2ccc(F)cc2)nc(C)n1. The minimum absolute atomic E-state index is 0.297. The number of amides is 1. The van der Waals surface area contributed by atoms with Crippen molar-refractivity contribution in [1.29, 1.82) is 0 Å². The smallest absolute Gasteiger partial charge is 0.270 e. The summed E-state index contributed by atoms with van der Waals surface area (Å²) in [5.74, 6) is -0.113. The fourth-order valence-corrected chi connectivity index (χ4v) is 2.61. The summed E-state index contributed by atoms with van der Waals surface area (Å²) in [6.45, 7) is 3.55. The molecular weight excluding hydrogens is 319 g/mol. The van der Waals surface area contributed by atoms with Crippen LogP contribution in [-0.4, -0.2) is 20.9 Å². The van der Waals surface area contributed by atoms with Crippen LogP contribution in [0.1, 0.15) is 39.2 Å². The molecule has 0 aliphatic carbocycles. The van der Waals surface area contributed by atoms with Crippen molar-refractivity contribution in [2.24, 2.45) is 0 Å². The summed E-state index contributed by atoms with van der Waals surface area (Å²) in [6, 6.07) is 10.9. The van der Waals surface area contributed by atoms with Gasteiger partial charge in [-0.25, -0.2) is 14.4 Å². The van der Waals surface area contributed by atoms with Gasteiger partial charge in [0.2, 0.25) is 0 Å². The van der Waals surface area contributed by atoms with Crippen molar-refractivity contribution in [2.45, 2.75) is 19.9 Å². The Morgan fingerprint density at radius 3 is 2.28 bits per heavy atom. The first-order valence-electron chi connectivity index (χ1n) is 7.81. The van der Waals surface area contributed by atoms with E-state index in [1.54, 1.807) is 37.5 Å². The Labute approximate surface area is 145 Å². The molecule has 6 heteroatoms. The third-order valence-corrected chi connectivity index (χ3v) is 3.72. The van der Waals surface area contributed by atoms with Crippen LogP contribution < -0.4 is 5.32 Å². The molecule has 1 unspecified atom stereocenters. The van der Waals surface area contributed by atoms with Crippen LogP contribution >= 0.6 is 0 Å². The summed E-state index contributed by atoms with van der Waals surface area (Å²) in [6.07, 6.45) is 3.30. The molecule has 2 heterocycles. The van der Waals surface area contributed by atoms with Gasteiger partial charge >= 0.3 is 0 Å². The van der Waals surface area contributed by atoms with Crippen molar-refractivity contribution < 1.29 is 9.18 Å². The lowest BCUT2D eigenvalue weighted by atomic mass is 9.99. The number of hydrogen-bond donors (Lipinski definition) is 1. The molecule has 25 heavy (non-hydrogen) atoms. The number of halogens is 1. The molecule has 3 aromatic rings. The van der Waals surface area contributed by atoms with Gasteiger partial charge in [-0.1, -0.05) is 12.1 Å². The first-order chi connectivity index (χ1) is 12.0. The van der Waals surface area contributed by atoms with Gasteiger partial charge in [0.25, 0.3) is 5.91 Å². The lowest BCUT2D eigenvalue weighted by Gasteiger charge is -2.19. The van der Waals surface area contributed by atoms with Crippen molar-refractivity contribution in [3.05, 3.63) is 89.0 Å². The Bertz CT molecular complexity index is 861. The molecule has 0 saturated carbocycles. The maximum absolute atomic E-state index is 13.3. The van der Waals surface area contributed by atoms with Gasteiger partial charge in [-0.2, -0.15) is 0 Å². The molecule has 1 N–H and O–H groups in total. The van der Waals surface area contributed by atoms with Crippen LogP contribution in [0.2, 0.25) is 0 Å². The quantitative estimate of drug-likeness (QED) is 0.795. The monoisotopic (exact) mass is 336 g/mol. The fraction of sp³-hybridized carbons (Fsp3) is 0.158. The van der Waals surface area contributed by atoms with Crippen LogP contribution in [0.4, 0.5) is 4.39 Å². The molecule has 0 bridgehead atoms. The van der Waals surface area contributed by atoms with E-state index in [-0.39, 0.29) is 11.7 Å². The average molecular weight is 336 g/mol. The highest BCUT2D eigenvalue weighted by molar-refractivity contribution is 5.92. The van der Waals surface area contributed by atoms with Crippen LogP contribution in [0.15, 0.2) is 54.9 Å². The Morgan fingerprint density at radius 2 is 1.64 bits per heavy atom. The summed E-state index contributed by atoms with van der Waals surface area (Å²) >= 11 is 0. The van der Waals surface area contributed by atoms with Crippen LogP contribution in [-0.2, 0) is 0 Å². The standard InChI is InChI=1S/C19H17FN4O/c1-12-11-17(23-13(2)22-12)19(25)24-18(15-7-9-21-10-8-15)14-3-5-16(20)6-4-14/h3-11,18H,1-2H3,(H,24,25). The number of pyridine rings is 1. The van der Waals surface area contributed by atoms with Crippen molar-refractivity contribution >= 4 is 5.91 Å². The maximum Gasteiger partial charge on any atom is 0.270 e. The number of rotatable bonds is 4. The third-order valence-electron chi connectivity index (χ3n) is 3.72. The number of hydrogen-bond acceptors (Lipinski definition) is 4. The van der Waals surface area contributed by atoms with E-state index in [2.05, 4.69) is 20.3 Å². The zero-order valence-corrected chi connectivity index (χ0v) is 13.9. The summed E-state index contributed by atoms with van der Waals surface area (Å²) < 4.78 is 13.3. The number of benzene rings is 1. The summed E-state index contributed by atoms with van der Waals surface area (Å²) in [5.41, 5.74) is 2.63. The Kier molecular flexibility index (Phi) is 4.79. The predicted molar refractivity (Wildman–Crippen MR) is 91.5 cm³/mol. The fourth-order valence-electron chi connectivity index (χ4n) is 2.61. The minimum Gasteiger partial charge on any atom is -0.340 e. The molecule has 1 atom stereocenters. The van der Waals surface area contributed by atoms with Gasteiger partial charge in [0.15, 0.2) is 0 Å². The molecule has 126 valence electrons. The topological polar surface area (TPSA) is 67.8 Å². The van der Waals surface area contributed by atoms with E-state index in [0.29, 0.717) is 11.5 Å². The van der Waals surface area contributed by atoms with Gasteiger partial charge in [0.1, 0.15) is 17.3 Å². The highest BCUT2D eigenvalue weighted by Crippen LogP contribution is 2.22. The zero-order chi connectivity index (χ0) is 17.8. The first-order valence-corrected chi connectivity index (χ1v) is 7.81. The van der Waals surface area contributed by atoms with Gasteiger partial charge < -0.3 is 5.32 Å². The largest absolute Gasteiger partial charge is 0.340 e. The normalized spacial score (nSPS) is 11.8. The van der Waals surface area contributed by atoms with Gasteiger partial charge in [0.05, 0.1) is 6.04 Å². The van der Waals surface area contributed by atoms with Crippen molar-refractivity contribution in [1.82, 2.24) is 20.3 Å². The molecule has 0 fully saturated rings. The molecule has 0 saturated heterocycles. The minimum atomic E-state index is -0.438. The highest BCUT2D eigenvalue weighted by Gasteiger charge is 2.19. The predicted octanol–water partition coefficient (Wildman–Crippen LogP) is 3.15. The van der Waals surface area contributed by atoms with E-state index in [9.17, 15) is 9.18 Å². The molecule has 0 radical (unpaired) electrons. The van der Waals surface area contributed by atoms with E-state index >= 15 is 0 Å². The van der Waals surface area contributed by atoms with Gasteiger partial charge in [-0.05, 0) is 55.3 Å². The Balaban J connectivity index is 1.95. The van der Waals surface area contributed by atoms with E-state index in [4.69, 9.17) is 0 Å². The Morgan fingerprint density at radius 1 is 1.00 bits per heavy atom. The number of nitrogens with zero attached hydrogens (tertiary/aromatic N) is 3. The van der Waals surface area contributed by atoms with Crippen LogP contribution in [0.3, 0.4) is 0 Å². The maximum atomic E-state index is 13.3. The molecule has 1 amide bonds. The molecule has 0 aliphatic rings. The second kappa shape index (κ2) is 7.17. The molecule has 3 rings (SSSR count). The van der Waals surface area contributed by atoms with Crippen LogP contribution in [0.25, 0.3) is 0 Å². The zero-order valence-electron chi connectivity index (χ0n) is 13.9. The van der Waals surface area contributed by atoms with Crippen molar-refractivity contribution in [3.63, 3.8) is 0 Å². The summed E-state index contributed by atoms with van der Waals surface area (Å²) in [4.78, 5) is 25.1. The molecule has 0 aliphatic heterocycles. The number of aromatic nitrogens is 3. The van der Waals surface area contributed by atoms with Crippen LogP contribution in [0.5, 0.6) is 0 Å². The Hall–Kier alpha value is -3.15. The summed E-state index contributed by atoms with van der Waals surface area (Å²) in [7, 11) is 0. The lowest BCUT2D eigenvalue weighted by molar-refractivity contribution is 0.0937. The second-order valence-corrected chi connectivity index (χ2v) is 5.68. The van der Waals surface area contributed by atoms with E-state index in [0.717, 1.165) is 16.8 Å². The average Bonchev–Trinajstić information content (AvgIpc) is 2.60. The van der Waals surface area contributed by atoms with Gasteiger partial charge in [-0.15, -0.1) is 0 Å². The van der Waals surface area contributed by atoms with E-state index in [1.165, 1.54) is 12.1 Å². The van der Waals surface area contributed by atoms with Crippen molar-refractivity contribution in [3.8, 4) is 0 Å². The third kappa shape index (κ3) is 4.03. The number of aryl methyl sites for hydroxylation is 2. The highest BCUT2D eigenvalue weighted by atomic mass is 19.1. The number of carbonyl (C=O) groups is 1.